The van der Waals surface area contributed by atoms with E-state index >= 15 is 0 Å². The van der Waals surface area contributed by atoms with Gasteiger partial charge in [-0.15, -0.1) is 0 Å². The molecule has 1 amide bonds. The van der Waals surface area contributed by atoms with E-state index in [4.69, 9.17) is 4.74 Å². The van der Waals surface area contributed by atoms with Crippen molar-refractivity contribution in [1.82, 2.24) is 10.2 Å². The Balaban J connectivity index is 1.23. The van der Waals surface area contributed by atoms with Crippen LogP contribution in [0.4, 0.5) is 0 Å². The van der Waals surface area contributed by atoms with Crippen LogP contribution in [0.15, 0.2) is 42.5 Å². The molecule has 190 valence electrons. The van der Waals surface area contributed by atoms with Crippen molar-refractivity contribution >= 4 is 5.91 Å². The molecule has 0 saturated carbocycles. The van der Waals surface area contributed by atoms with E-state index in [0.29, 0.717) is 12.8 Å². The van der Waals surface area contributed by atoms with Gasteiger partial charge in [-0.3, -0.25) is 4.79 Å². The van der Waals surface area contributed by atoms with Crippen molar-refractivity contribution in [3.63, 3.8) is 0 Å². The number of benzene rings is 2. The molecular formula is C29H40N2O4. The topological polar surface area (TPSA) is 82.0 Å². The van der Waals surface area contributed by atoms with Gasteiger partial charge in [-0.25, -0.2) is 0 Å². The number of nitrogens with one attached hydrogen (secondary N) is 1. The number of aryl methyl sites for hydroxylation is 2. The summed E-state index contributed by atoms with van der Waals surface area (Å²) in [6, 6.07) is 14.9. The summed E-state index contributed by atoms with van der Waals surface area (Å²) in [4.78, 5) is 14.5. The second-order valence-corrected chi connectivity index (χ2v) is 10.1. The third-order valence-electron chi connectivity index (χ3n) is 7.27. The quantitative estimate of drug-likeness (QED) is 0.486. The van der Waals surface area contributed by atoms with Gasteiger partial charge in [0.2, 0.25) is 5.91 Å². The molecule has 2 aromatic carbocycles. The number of rotatable bonds is 10. The fraction of sp³-hybridized carbons (Fsp3) is 0.552. The van der Waals surface area contributed by atoms with Crippen LogP contribution in [0.1, 0.15) is 66.0 Å². The minimum absolute atomic E-state index is 0.151. The highest BCUT2D eigenvalue weighted by atomic mass is 16.5. The lowest BCUT2D eigenvalue weighted by Crippen LogP contribution is -2.35. The Morgan fingerprint density at radius 3 is 2.57 bits per heavy atom. The van der Waals surface area contributed by atoms with E-state index in [1.165, 1.54) is 48.2 Å². The van der Waals surface area contributed by atoms with Crippen molar-refractivity contribution in [2.75, 3.05) is 32.8 Å². The van der Waals surface area contributed by atoms with Crippen molar-refractivity contribution in [3.05, 3.63) is 70.3 Å². The maximum atomic E-state index is 12.1. The maximum absolute atomic E-state index is 12.1. The second kappa shape index (κ2) is 12.6. The van der Waals surface area contributed by atoms with Gasteiger partial charge in [0.1, 0.15) is 6.10 Å². The summed E-state index contributed by atoms with van der Waals surface area (Å²) in [5.41, 5.74) is 5.86. The molecule has 6 heteroatoms. The van der Waals surface area contributed by atoms with Crippen LogP contribution in [0, 0.1) is 6.92 Å². The summed E-state index contributed by atoms with van der Waals surface area (Å²) in [5, 5.41) is 23.1. The summed E-state index contributed by atoms with van der Waals surface area (Å²) in [5.74, 6) is 0.151. The molecule has 2 saturated heterocycles. The zero-order chi connectivity index (χ0) is 24.6. The molecule has 3 N–H and O–H groups in total. The molecule has 4 rings (SSSR count). The largest absolute Gasteiger partial charge is 0.391 e. The van der Waals surface area contributed by atoms with E-state index in [1.807, 2.05) is 6.07 Å². The predicted octanol–water partition coefficient (Wildman–Crippen LogP) is 3.30. The van der Waals surface area contributed by atoms with Gasteiger partial charge >= 0.3 is 0 Å². The first-order chi connectivity index (χ1) is 17.0. The summed E-state index contributed by atoms with van der Waals surface area (Å²) < 4.78 is 5.72. The number of hydrogen-bond acceptors (Lipinski definition) is 5. The Morgan fingerprint density at radius 1 is 1.09 bits per heavy atom. The normalized spacial score (nSPS) is 22.9. The number of aliphatic hydroxyl groups is 2. The molecular weight excluding hydrogens is 440 g/mol. The number of aliphatic hydroxyl groups excluding tert-OH is 2. The molecule has 0 aromatic heterocycles. The van der Waals surface area contributed by atoms with Crippen LogP contribution in [0.5, 0.6) is 0 Å². The van der Waals surface area contributed by atoms with Crippen molar-refractivity contribution in [2.45, 2.75) is 70.2 Å². The minimum atomic E-state index is -0.694. The fourth-order valence-corrected chi connectivity index (χ4v) is 5.12. The average Bonchev–Trinajstić information content (AvgIpc) is 3.35. The Labute approximate surface area is 209 Å². The first kappa shape index (κ1) is 25.8. The van der Waals surface area contributed by atoms with Gasteiger partial charge in [-0.1, -0.05) is 42.5 Å². The number of ether oxygens (including phenoxy) is 1. The smallest absolute Gasteiger partial charge is 0.220 e. The first-order valence-corrected chi connectivity index (χ1v) is 13.1. The van der Waals surface area contributed by atoms with E-state index in [9.17, 15) is 15.0 Å². The number of likely N-dealkylation sites (tertiary alicyclic amines) is 1. The molecule has 35 heavy (non-hydrogen) atoms. The van der Waals surface area contributed by atoms with Crippen LogP contribution in [0.25, 0.3) is 0 Å². The van der Waals surface area contributed by atoms with E-state index < -0.39 is 18.3 Å². The molecule has 0 spiro atoms. The Hall–Kier alpha value is -2.25. The lowest BCUT2D eigenvalue weighted by molar-refractivity contribution is -0.125. The number of amides is 1. The highest BCUT2D eigenvalue weighted by molar-refractivity contribution is 5.75. The third-order valence-corrected chi connectivity index (χ3v) is 7.27. The molecule has 2 fully saturated rings. The van der Waals surface area contributed by atoms with Gasteiger partial charge in [0.05, 0.1) is 18.8 Å². The zero-order valence-corrected chi connectivity index (χ0v) is 20.9. The molecule has 0 radical (unpaired) electrons. The number of nitrogens with zero attached hydrogens (tertiary/aromatic N) is 1. The van der Waals surface area contributed by atoms with Gasteiger partial charge < -0.3 is 25.2 Å². The molecule has 0 bridgehead atoms. The van der Waals surface area contributed by atoms with Gasteiger partial charge in [0.25, 0.3) is 0 Å². The van der Waals surface area contributed by atoms with Crippen LogP contribution in [0.3, 0.4) is 0 Å². The SMILES string of the molecule is Cc1ccc([C@@H]2OCC(O)CC2O)cc1Cc1ccc(CCCC(=O)NCCN2CCCC2)cc1. The summed E-state index contributed by atoms with van der Waals surface area (Å²) in [6.45, 7) is 6.41. The molecule has 3 atom stereocenters. The highest BCUT2D eigenvalue weighted by Crippen LogP contribution is 2.30. The minimum Gasteiger partial charge on any atom is -0.391 e. The van der Waals surface area contributed by atoms with Crippen molar-refractivity contribution in [1.29, 1.82) is 0 Å². The van der Waals surface area contributed by atoms with Gasteiger partial charge in [0.15, 0.2) is 0 Å². The number of carbonyl (C=O) groups is 1. The molecule has 0 aliphatic carbocycles. The van der Waals surface area contributed by atoms with Crippen molar-refractivity contribution < 1.29 is 19.7 Å². The van der Waals surface area contributed by atoms with E-state index in [1.54, 1.807) is 0 Å². The molecule has 6 nitrogen and oxygen atoms in total. The lowest BCUT2D eigenvalue weighted by atomic mass is 9.92. The first-order valence-electron chi connectivity index (χ1n) is 13.1. The molecule has 2 unspecified atom stereocenters. The fourth-order valence-electron chi connectivity index (χ4n) is 5.12. The second-order valence-electron chi connectivity index (χ2n) is 10.1. The van der Waals surface area contributed by atoms with Crippen LogP contribution >= 0.6 is 0 Å². The Bertz CT molecular complexity index is 956. The average molecular weight is 481 g/mol. The predicted molar refractivity (Wildman–Crippen MR) is 137 cm³/mol. The summed E-state index contributed by atoms with van der Waals surface area (Å²) in [6.07, 6.45) is 4.36. The molecule has 2 aliphatic heterocycles. The zero-order valence-electron chi connectivity index (χ0n) is 20.9. The van der Waals surface area contributed by atoms with Crippen LogP contribution < -0.4 is 5.32 Å². The number of carbonyl (C=O) groups excluding carboxylic acids is 1. The Morgan fingerprint density at radius 2 is 1.83 bits per heavy atom. The van der Waals surface area contributed by atoms with Gasteiger partial charge in [-0.2, -0.15) is 0 Å². The summed E-state index contributed by atoms with van der Waals surface area (Å²) in [7, 11) is 0. The van der Waals surface area contributed by atoms with Crippen molar-refractivity contribution in [3.8, 4) is 0 Å². The highest BCUT2D eigenvalue weighted by Gasteiger charge is 2.30. The van der Waals surface area contributed by atoms with E-state index in [0.717, 1.165) is 37.9 Å². The Kier molecular flexibility index (Phi) is 9.32. The standard InChI is InChI=1S/C29H40N2O4/c1-21-7-12-24(29-27(33)19-26(32)20-35-29)18-25(21)17-23-10-8-22(9-11-23)5-4-6-28(34)30-13-16-31-14-2-3-15-31/h7-12,18,26-27,29,32-33H,2-6,13-17,19-20H2,1H3,(H,30,34)/t26?,27?,29-/m0/s1. The molecule has 2 aliphatic rings. The van der Waals surface area contributed by atoms with Crippen LogP contribution in [-0.4, -0.2) is 66.0 Å². The third kappa shape index (κ3) is 7.61. The van der Waals surface area contributed by atoms with Crippen molar-refractivity contribution in [2.24, 2.45) is 0 Å². The number of hydrogen-bond donors (Lipinski definition) is 3. The molecule has 2 aromatic rings. The van der Waals surface area contributed by atoms with E-state index in [-0.39, 0.29) is 12.5 Å². The molecule has 2 heterocycles. The van der Waals surface area contributed by atoms with Gasteiger partial charge in [-0.05, 0) is 79.9 Å². The van der Waals surface area contributed by atoms with Gasteiger partial charge in [0, 0.05) is 25.9 Å². The maximum Gasteiger partial charge on any atom is 0.220 e. The van der Waals surface area contributed by atoms with Crippen LogP contribution in [0.2, 0.25) is 0 Å². The summed E-state index contributed by atoms with van der Waals surface area (Å²) >= 11 is 0. The van der Waals surface area contributed by atoms with E-state index in [2.05, 4.69) is 53.5 Å². The monoisotopic (exact) mass is 480 g/mol. The lowest BCUT2D eigenvalue weighted by Gasteiger charge is -2.31. The van der Waals surface area contributed by atoms with Crippen LogP contribution in [-0.2, 0) is 22.4 Å².